The molecule has 1 amide bonds. The smallest absolute Gasteiger partial charge is 0.291 e. The first kappa shape index (κ1) is 19.5. The minimum Gasteiger partial charge on any atom is -0.451 e. The van der Waals surface area contributed by atoms with Crippen molar-refractivity contribution >= 4 is 22.6 Å². The number of carbonyl (C=O) groups excluding carboxylic acids is 1. The number of furan rings is 1. The number of aryl methyl sites for hydroxylation is 4. The van der Waals surface area contributed by atoms with E-state index in [2.05, 4.69) is 45.2 Å². The largest absolute Gasteiger partial charge is 0.451 e. The SMILES string of the molecule is CCc1nnc2n1C[C@@H](c1ccc(NC(=O)c3oc4ccc(C)cc4c3C)cc1)CC2. The number of benzene rings is 2. The first-order valence-corrected chi connectivity index (χ1v) is 10.9. The normalized spacial score (nSPS) is 15.8. The van der Waals surface area contributed by atoms with Crippen LogP contribution in [0.1, 0.15) is 58.2 Å². The Morgan fingerprint density at radius 2 is 1.97 bits per heavy atom. The molecule has 1 aliphatic rings. The maximum Gasteiger partial charge on any atom is 0.291 e. The van der Waals surface area contributed by atoms with Gasteiger partial charge in [0.05, 0.1) is 0 Å². The van der Waals surface area contributed by atoms with E-state index in [1.165, 1.54) is 5.56 Å². The molecule has 0 unspecified atom stereocenters. The Morgan fingerprint density at radius 1 is 1.16 bits per heavy atom. The molecule has 0 bridgehead atoms. The minimum atomic E-state index is -0.224. The number of nitrogens with one attached hydrogen (secondary N) is 1. The molecule has 158 valence electrons. The van der Waals surface area contributed by atoms with E-state index in [1.54, 1.807) is 0 Å². The predicted octanol–water partition coefficient (Wildman–Crippen LogP) is 5.19. The van der Waals surface area contributed by atoms with Gasteiger partial charge in [-0.1, -0.05) is 30.7 Å². The molecule has 2 aromatic carbocycles. The second-order valence-electron chi connectivity index (χ2n) is 8.36. The first-order valence-electron chi connectivity index (χ1n) is 10.9. The Kier molecular flexibility index (Phi) is 4.85. The monoisotopic (exact) mass is 414 g/mol. The van der Waals surface area contributed by atoms with Crippen molar-refractivity contribution in [3.63, 3.8) is 0 Å². The summed E-state index contributed by atoms with van der Waals surface area (Å²) in [5.74, 6) is 2.72. The van der Waals surface area contributed by atoms with Crippen LogP contribution in [0.2, 0.25) is 0 Å². The van der Waals surface area contributed by atoms with Crippen LogP contribution < -0.4 is 5.32 Å². The van der Waals surface area contributed by atoms with E-state index in [-0.39, 0.29) is 5.91 Å². The molecule has 0 saturated heterocycles. The van der Waals surface area contributed by atoms with Gasteiger partial charge in [0.25, 0.3) is 5.91 Å². The number of amides is 1. The lowest BCUT2D eigenvalue weighted by molar-refractivity contribution is 0.0998. The maximum absolute atomic E-state index is 12.8. The zero-order chi connectivity index (χ0) is 21.5. The summed E-state index contributed by atoms with van der Waals surface area (Å²) in [5, 5.41) is 12.6. The molecule has 0 radical (unpaired) electrons. The van der Waals surface area contributed by atoms with Crippen molar-refractivity contribution in [2.45, 2.75) is 52.5 Å². The molecule has 6 heteroatoms. The number of nitrogens with zero attached hydrogens (tertiary/aromatic N) is 3. The first-order chi connectivity index (χ1) is 15.0. The van der Waals surface area contributed by atoms with Gasteiger partial charge in [0.15, 0.2) is 5.76 Å². The number of carbonyl (C=O) groups is 1. The topological polar surface area (TPSA) is 73.0 Å². The third-order valence-electron chi connectivity index (χ3n) is 6.28. The summed E-state index contributed by atoms with van der Waals surface area (Å²) in [5.41, 5.74) is 4.79. The Morgan fingerprint density at radius 3 is 2.74 bits per heavy atom. The lowest BCUT2D eigenvalue weighted by Gasteiger charge is -2.24. The summed E-state index contributed by atoms with van der Waals surface area (Å²) in [7, 11) is 0. The summed E-state index contributed by atoms with van der Waals surface area (Å²) >= 11 is 0. The second kappa shape index (κ2) is 7.69. The minimum absolute atomic E-state index is 0.224. The van der Waals surface area contributed by atoms with Crippen molar-refractivity contribution in [3.8, 4) is 0 Å². The number of rotatable bonds is 4. The molecule has 0 fully saturated rings. The molecule has 31 heavy (non-hydrogen) atoms. The van der Waals surface area contributed by atoms with Gasteiger partial charge in [-0.05, 0) is 50.1 Å². The lowest BCUT2D eigenvalue weighted by Crippen LogP contribution is -2.20. The van der Waals surface area contributed by atoms with E-state index in [0.29, 0.717) is 11.7 Å². The van der Waals surface area contributed by atoms with Gasteiger partial charge in [0.1, 0.15) is 17.2 Å². The van der Waals surface area contributed by atoms with E-state index in [0.717, 1.165) is 65.2 Å². The molecule has 2 aromatic heterocycles. The highest BCUT2D eigenvalue weighted by Gasteiger charge is 2.24. The number of hydrogen-bond donors (Lipinski definition) is 1. The molecule has 0 aliphatic carbocycles. The molecule has 3 heterocycles. The summed E-state index contributed by atoms with van der Waals surface area (Å²) in [6, 6.07) is 14.1. The molecular formula is C25H26N4O2. The van der Waals surface area contributed by atoms with Gasteiger partial charge in [-0.25, -0.2) is 0 Å². The second-order valence-corrected chi connectivity index (χ2v) is 8.36. The Hall–Kier alpha value is -3.41. The van der Waals surface area contributed by atoms with Crippen LogP contribution in [0.25, 0.3) is 11.0 Å². The lowest BCUT2D eigenvalue weighted by atomic mass is 9.91. The molecule has 0 saturated carbocycles. The average molecular weight is 415 g/mol. The van der Waals surface area contributed by atoms with Gasteiger partial charge >= 0.3 is 0 Å². The Labute approximate surface area is 181 Å². The summed E-state index contributed by atoms with van der Waals surface area (Å²) in [6.45, 7) is 6.99. The Balaban J connectivity index is 1.32. The van der Waals surface area contributed by atoms with Crippen molar-refractivity contribution in [1.29, 1.82) is 0 Å². The van der Waals surface area contributed by atoms with Crippen LogP contribution in [0.5, 0.6) is 0 Å². The highest BCUT2D eigenvalue weighted by atomic mass is 16.3. The summed E-state index contributed by atoms with van der Waals surface area (Å²) in [6.07, 6.45) is 2.90. The maximum atomic E-state index is 12.8. The van der Waals surface area contributed by atoms with Gasteiger partial charge < -0.3 is 14.3 Å². The molecule has 4 aromatic rings. The molecular weight excluding hydrogens is 388 g/mol. The summed E-state index contributed by atoms with van der Waals surface area (Å²) in [4.78, 5) is 12.8. The van der Waals surface area contributed by atoms with Crippen LogP contribution in [0.15, 0.2) is 46.9 Å². The highest BCUT2D eigenvalue weighted by molar-refractivity contribution is 6.06. The van der Waals surface area contributed by atoms with E-state index < -0.39 is 0 Å². The van der Waals surface area contributed by atoms with Crippen LogP contribution in [0, 0.1) is 13.8 Å². The van der Waals surface area contributed by atoms with Gasteiger partial charge in [0.2, 0.25) is 0 Å². The number of aromatic nitrogens is 3. The molecule has 1 N–H and O–H groups in total. The van der Waals surface area contributed by atoms with Crippen LogP contribution in [-0.2, 0) is 19.4 Å². The third-order valence-corrected chi connectivity index (χ3v) is 6.28. The summed E-state index contributed by atoms with van der Waals surface area (Å²) < 4.78 is 8.09. The van der Waals surface area contributed by atoms with Gasteiger partial charge in [-0.2, -0.15) is 0 Å². The number of anilines is 1. The predicted molar refractivity (Wildman–Crippen MR) is 121 cm³/mol. The average Bonchev–Trinajstić information content (AvgIpc) is 3.34. The van der Waals surface area contributed by atoms with Gasteiger partial charge in [-0.15, -0.1) is 10.2 Å². The van der Waals surface area contributed by atoms with E-state index in [9.17, 15) is 4.79 Å². The fourth-order valence-corrected chi connectivity index (χ4v) is 4.49. The van der Waals surface area contributed by atoms with Crippen LogP contribution >= 0.6 is 0 Å². The van der Waals surface area contributed by atoms with Crippen molar-refractivity contribution in [1.82, 2.24) is 14.8 Å². The van der Waals surface area contributed by atoms with Crippen molar-refractivity contribution in [2.75, 3.05) is 5.32 Å². The van der Waals surface area contributed by atoms with Crippen molar-refractivity contribution in [2.24, 2.45) is 0 Å². The fourth-order valence-electron chi connectivity index (χ4n) is 4.49. The number of fused-ring (bicyclic) bond motifs is 2. The quantitative estimate of drug-likeness (QED) is 0.499. The van der Waals surface area contributed by atoms with Crippen molar-refractivity contribution in [3.05, 3.63) is 76.6 Å². The van der Waals surface area contributed by atoms with E-state index >= 15 is 0 Å². The molecule has 5 rings (SSSR count). The molecule has 1 aliphatic heterocycles. The van der Waals surface area contributed by atoms with Crippen LogP contribution in [-0.4, -0.2) is 20.7 Å². The molecule has 6 nitrogen and oxygen atoms in total. The van der Waals surface area contributed by atoms with Gasteiger partial charge in [-0.3, -0.25) is 4.79 Å². The fraction of sp³-hybridized carbons (Fsp3) is 0.320. The van der Waals surface area contributed by atoms with Crippen LogP contribution in [0.3, 0.4) is 0 Å². The van der Waals surface area contributed by atoms with Crippen LogP contribution in [0.4, 0.5) is 5.69 Å². The molecule has 1 atom stereocenters. The van der Waals surface area contributed by atoms with E-state index in [4.69, 9.17) is 4.42 Å². The zero-order valence-electron chi connectivity index (χ0n) is 18.1. The molecule has 0 spiro atoms. The highest BCUT2D eigenvalue weighted by Crippen LogP contribution is 2.30. The third kappa shape index (κ3) is 3.52. The standard InChI is InChI=1S/C25H26N4O2/c1-4-22-27-28-23-12-8-18(14-29(22)23)17-6-9-19(10-7-17)26-25(30)24-16(3)20-13-15(2)5-11-21(20)31-24/h5-7,9-11,13,18H,4,8,12,14H2,1-3H3,(H,26,30)/t18-/m0/s1. The van der Waals surface area contributed by atoms with Crippen molar-refractivity contribution < 1.29 is 9.21 Å². The van der Waals surface area contributed by atoms with Gasteiger partial charge in [0, 0.05) is 41.9 Å². The Bertz CT molecular complexity index is 1250. The number of hydrogen-bond acceptors (Lipinski definition) is 4. The van der Waals surface area contributed by atoms with E-state index in [1.807, 2.05) is 38.1 Å². The zero-order valence-corrected chi connectivity index (χ0v) is 18.1.